The topological polar surface area (TPSA) is 237 Å². The van der Waals surface area contributed by atoms with E-state index in [1.807, 2.05) is 0 Å². The van der Waals surface area contributed by atoms with Crippen molar-refractivity contribution in [3.8, 4) is 0 Å². The van der Waals surface area contributed by atoms with Gasteiger partial charge in [0.2, 0.25) is 0 Å². The van der Waals surface area contributed by atoms with E-state index in [1.165, 1.54) is 199 Å². The van der Waals surface area contributed by atoms with Gasteiger partial charge in [-0.2, -0.15) is 0 Å². The van der Waals surface area contributed by atoms with Crippen molar-refractivity contribution in [2.24, 2.45) is 11.8 Å². The lowest BCUT2D eigenvalue weighted by molar-refractivity contribution is -0.161. The first-order chi connectivity index (χ1) is 45.4. The van der Waals surface area contributed by atoms with Crippen LogP contribution in [0.5, 0.6) is 0 Å². The second-order valence-corrected chi connectivity index (χ2v) is 30.4. The molecule has 0 saturated carbocycles. The predicted octanol–water partition coefficient (Wildman–Crippen LogP) is 21.9. The van der Waals surface area contributed by atoms with Crippen molar-refractivity contribution in [2.75, 3.05) is 39.6 Å². The molecule has 0 bridgehead atoms. The highest BCUT2D eigenvalue weighted by Gasteiger charge is 2.30. The summed E-state index contributed by atoms with van der Waals surface area (Å²) in [6.07, 6.45) is 54.4. The Morgan fingerprint density at radius 2 is 0.511 bits per heavy atom. The van der Waals surface area contributed by atoms with Gasteiger partial charge in [0.1, 0.15) is 19.3 Å². The van der Waals surface area contributed by atoms with Crippen LogP contribution in [0.3, 0.4) is 0 Å². The molecular formula is C75H146O17P2. The highest BCUT2D eigenvalue weighted by Crippen LogP contribution is 2.45. The zero-order chi connectivity index (χ0) is 69.3. The molecular weight excluding hydrogens is 1230 g/mol. The van der Waals surface area contributed by atoms with Gasteiger partial charge in [0.05, 0.1) is 26.4 Å². The number of hydrogen-bond acceptors (Lipinski definition) is 15. The van der Waals surface area contributed by atoms with E-state index in [2.05, 4.69) is 41.5 Å². The highest BCUT2D eigenvalue weighted by molar-refractivity contribution is 7.47. The number of aliphatic hydroxyl groups excluding tert-OH is 1. The number of phosphoric ester groups is 2. The lowest BCUT2D eigenvalue weighted by atomic mass is 9.99. The number of aliphatic hydroxyl groups is 1. The van der Waals surface area contributed by atoms with Gasteiger partial charge in [0.25, 0.3) is 0 Å². The Kier molecular flexibility index (Phi) is 65.5. The van der Waals surface area contributed by atoms with Gasteiger partial charge in [-0.3, -0.25) is 37.3 Å². The van der Waals surface area contributed by atoms with E-state index >= 15 is 0 Å². The molecule has 94 heavy (non-hydrogen) atoms. The Balaban J connectivity index is 5.16. The zero-order valence-electron chi connectivity index (χ0n) is 61.3. The van der Waals surface area contributed by atoms with Crippen molar-refractivity contribution >= 4 is 39.5 Å². The second-order valence-electron chi connectivity index (χ2n) is 27.5. The first-order valence-corrected chi connectivity index (χ1v) is 42.1. The maximum atomic E-state index is 13.1. The third-order valence-electron chi connectivity index (χ3n) is 18.2. The summed E-state index contributed by atoms with van der Waals surface area (Å²) in [6, 6.07) is 0. The molecule has 7 atom stereocenters. The molecule has 0 aliphatic rings. The fourth-order valence-electron chi connectivity index (χ4n) is 11.4. The molecule has 0 heterocycles. The predicted molar refractivity (Wildman–Crippen MR) is 381 cm³/mol. The molecule has 0 fully saturated rings. The molecule has 0 amide bonds. The fraction of sp³-hybridized carbons (Fsp3) is 0.947. The van der Waals surface area contributed by atoms with Gasteiger partial charge in [-0.05, 0) is 37.5 Å². The number of unbranched alkanes of at least 4 members (excludes halogenated alkanes) is 42. The number of phosphoric acid groups is 2. The number of hydrogen-bond donors (Lipinski definition) is 3. The largest absolute Gasteiger partial charge is 0.472 e. The van der Waals surface area contributed by atoms with Crippen LogP contribution in [0.15, 0.2) is 0 Å². The molecule has 0 saturated heterocycles. The van der Waals surface area contributed by atoms with Gasteiger partial charge in [-0.1, -0.05) is 337 Å². The minimum absolute atomic E-state index is 0.103. The van der Waals surface area contributed by atoms with Crippen LogP contribution in [0.4, 0.5) is 0 Å². The van der Waals surface area contributed by atoms with Crippen LogP contribution >= 0.6 is 15.6 Å². The molecule has 0 spiro atoms. The lowest BCUT2D eigenvalue weighted by Crippen LogP contribution is -2.30. The fourth-order valence-corrected chi connectivity index (χ4v) is 13.0. The SMILES string of the molecule is CCCCCCCCCCCCCCCCCCCCCCCCC(=O)O[C@H](COC(=O)CCCCCCCCCCCCC(C)CC)COP(=O)(O)OC[C@@H](O)COP(=O)(O)OC[C@@H](COC(=O)CCCCCCCCCC)OC(=O)CCCCCCCCC(C)CC. The van der Waals surface area contributed by atoms with Crippen molar-refractivity contribution in [3.63, 3.8) is 0 Å². The first kappa shape index (κ1) is 92.1. The molecule has 0 aromatic heterocycles. The van der Waals surface area contributed by atoms with Crippen molar-refractivity contribution in [2.45, 2.75) is 407 Å². The second kappa shape index (κ2) is 66.9. The third kappa shape index (κ3) is 66.0. The van der Waals surface area contributed by atoms with Gasteiger partial charge in [-0.15, -0.1) is 0 Å². The lowest BCUT2D eigenvalue weighted by Gasteiger charge is -2.21. The molecule has 0 aliphatic heterocycles. The van der Waals surface area contributed by atoms with E-state index in [1.54, 1.807) is 0 Å². The Morgan fingerprint density at radius 1 is 0.298 bits per heavy atom. The summed E-state index contributed by atoms with van der Waals surface area (Å²) < 4.78 is 68.4. The first-order valence-electron chi connectivity index (χ1n) is 39.1. The van der Waals surface area contributed by atoms with E-state index in [9.17, 15) is 43.2 Å². The summed E-state index contributed by atoms with van der Waals surface area (Å²) in [5.41, 5.74) is 0. The van der Waals surface area contributed by atoms with Crippen molar-refractivity contribution in [3.05, 3.63) is 0 Å². The number of ether oxygens (including phenoxy) is 4. The average molecular weight is 1380 g/mol. The monoisotopic (exact) mass is 1380 g/mol. The van der Waals surface area contributed by atoms with E-state index in [0.29, 0.717) is 25.7 Å². The molecule has 0 radical (unpaired) electrons. The Bertz CT molecular complexity index is 1820. The number of carbonyl (C=O) groups excluding carboxylic acids is 4. The summed E-state index contributed by atoms with van der Waals surface area (Å²) in [7, 11) is -9.90. The van der Waals surface area contributed by atoms with Gasteiger partial charge >= 0.3 is 39.5 Å². The van der Waals surface area contributed by atoms with Crippen LogP contribution in [0.1, 0.15) is 388 Å². The number of esters is 4. The maximum absolute atomic E-state index is 13.1. The molecule has 19 heteroatoms. The van der Waals surface area contributed by atoms with Crippen molar-refractivity contribution < 1.29 is 80.2 Å². The Hall–Kier alpha value is -1.94. The van der Waals surface area contributed by atoms with E-state index in [0.717, 1.165) is 108 Å². The Morgan fingerprint density at radius 3 is 0.755 bits per heavy atom. The average Bonchev–Trinajstić information content (AvgIpc) is 1.10. The molecule has 0 rings (SSSR count). The minimum atomic E-state index is -4.96. The van der Waals surface area contributed by atoms with Gasteiger partial charge < -0.3 is 33.8 Å². The van der Waals surface area contributed by atoms with Crippen LogP contribution < -0.4 is 0 Å². The van der Waals surface area contributed by atoms with E-state index < -0.39 is 97.5 Å². The summed E-state index contributed by atoms with van der Waals surface area (Å²) >= 11 is 0. The summed E-state index contributed by atoms with van der Waals surface area (Å²) in [6.45, 7) is 9.53. The summed E-state index contributed by atoms with van der Waals surface area (Å²) in [5, 5.41) is 10.6. The van der Waals surface area contributed by atoms with Crippen molar-refractivity contribution in [1.82, 2.24) is 0 Å². The van der Waals surface area contributed by atoms with Gasteiger partial charge in [-0.25, -0.2) is 9.13 Å². The summed E-state index contributed by atoms with van der Waals surface area (Å²) in [5.74, 6) is -0.595. The van der Waals surface area contributed by atoms with Gasteiger partial charge in [0, 0.05) is 25.7 Å². The molecule has 17 nitrogen and oxygen atoms in total. The van der Waals surface area contributed by atoms with Crippen LogP contribution in [0.25, 0.3) is 0 Å². The number of rotatable bonds is 74. The van der Waals surface area contributed by atoms with Crippen LogP contribution in [-0.2, 0) is 65.4 Å². The highest BCUT2D eigenvalue weighted by atomic mass is 31.2. The van der Waals surface area contributed by atoms with Crippen LogP contribution in [0.2, 0.25) is 0 Å². The molecule has 0 aliphatic carbocycles. The smallest absolute Gasteiger partial charge is 0.462 e. The normalized spacial score (nSPS) is 14.6. The Labute approximate surface area is 575 Å². The standard InChI is InChI=1S/C75H146O17P2/c1-7-11-13-15-17-19-20-21-22-23-24-25-26-27-28-29-30-31-36-40-47-53-59-74(79)91-70(63-86-73(78)58-52-46-39-35-33-32-34-37-43-49-55-67(5)9-3)65-89-93(81,82)87-61-69(76)62-88-94(83,84)90-66-71(64-85-72(77)57-51-45-38-18-16-14-12-8-2)92-75(80)60-54-48-42-41-44-50-56-68(6)10-4/h67-71,76H,7-66H2,1-6H3,(H,81,82)(H,83,84)/t67?,68?,69-,70-,71-/m1/s1. The van der Waals surface area contributed by atoms with Gasteiger partial charge in [0.15, 0.2) is 12.2 Å². The van der Waals surface area contributed by atoms with Crippen LogP contribution in [0, 0.1) is 11.8 Å². The molecule has 0 aromatic rings. The quantitative estimate of drug-likeness (QED) is 0.0222. The van der Waals surface area contributed by atoms with E-state index in [4.69, 9.17) is 37.0 Å². The minimum Gasteiger partial charge on any atom is -0.462 e. The molecule has 558 valence electrons. The molecule has 3 N–H and O–H groups in total. The third-order valence-corrected chi connectivity index (χ3v) is 20.1. The van der Waals surface area contributed by atoms with Crippen LogP contribution in [-0.4, -0.2) is 96.7 Å². The molecule has 0 aromatic carbocycles. The summed E-state index contributed by atoms with van der Waals surface area (Å²) in [4.78, 5) is 72.6. The van der Waals surface area contributed by atoms with E-state index in [-0.39, 0.29) is 25.7 Å². The zero-order valence-corrected chi connectivity index (χ0v) is 63.1. The number of carbonyl (C=O) groups is 4. The maximum Gasteiger partial charge on any atom is 0.472 e. The van der Waals surface area contributed by atoms with Crippen molar-refractivity contribution in [1.29, 1.82) is 0 Å². The molecule has 4 unspecified atom stereocenters.